The van der Waals surface area contributed by atoms with Crippen molar-refractivity contribution in [3.05, 3.63) is 209 Å². The molecule has 10 rings (SSSR count). The number of hydrogen-bond acceptors (Lipinski definition) is 4. The molecule has 0 N–H and O–H groups in total. The number of aryl methyl sites for hydroxylation is 6. The molecule has 1 aliphatic rings. The summed E-state index contributed by atoms with van der Waals surface area (Å²) in [6.45, 7) is 0. The zero-order chi connectivity index (χ0) is 54.4. The predicted molar refractivity (Wildman–Crippen MR) is 243 cm³/mol. The fourth-order valence-corrected chi connectivity index (χ4v) is 7.47. The van der Waals surface area contributed by atoms with Gasteiger partial charge in [0.1, 0.15) is 11.4 Å². The van der Waals surface area contributed by atoms with Crippen LogP contribution in [-0.4, -0.2) is 15.0 Å². The second-order valence-electron chi connectivity index (χ2n) is 14.6. The van der Waals surface area contributed by atoms with Crippen molar-refractivity contribution in [3.63, 3.8) is 0 Å². The van der Waals surface area contributed by atoms with Crippen LogP contribution in [0.2, 0.25) is 0 Å². The molecule has 4 nitrogen and oxygen atoms in total. The number of aromatic nitrogens is 3. The van der Waals surface area contributed by atoms with E-state index in [-0.39, 0.29) is 64.8 Å². The van der Waals surface area contributed by atoms with Crippen LogP contribution < -0.4 is 0 Å². The summed E-state index contributed by atoms with van der Waals surface area (Å²) in [5.74, 6) is -2.41. The summed E-state index contributed by atoms with van der Waals surface area (Å²) in [4.78, 5) is 13.3. The Morgan fingerprint density at radius 1 is 0.629 bits per heavy atom. The van der Waals surface area contributed by atoms with Crippen LogP contribution in [0, 0.1) is 24.0 Å². The van der Waals surface area contributed by atoms with Gasteiger partial charge in [0.15, 0.2) is 0 Å². The van der Waals surface area contributed by atoms with Crippen LogP contribution in [0.15, 0.2) is 150 Å². The molecule has 9 aromatic rings. The maximum atomic E-state index is 14.6. The minimum absolute atomic E-state index is 0. The van der Waals surface area contributed by atoms with E-state index in [9.17, 15) is 22.2 Å². The van der Waals surface area contributed by atoms with Crippen LogP contribution >= 0.6 is 0 Å². The van der Waals surface area contributed by atoms with Gasteiger partial charge in [-0.3, -0.25) is 0 Å². The number of pyridine rings is 3. The van der Waals surface area contributed by atoms with Gasteiger partial charge in [-0.2, -0.15) is 0 Å². The van der Waals surface area contributed by atoms with Gasteiger partial charge in [0.05, 0.1) is 8.32 Å². The molecule has 0 amide bonds. The van der Waals surface area contributed by atoms with E-state index < -0.39 is 78.7 Å². The number of fused-ring (bicyclic) bond motifs is 3. The molecule has 0 unspecified atom stereocenters. The number of nitrogens with zero attached hydrogens (tertiary/aromatic N) is 3. The monoisotopic (exact) mass is 1000 g/mol. The zero-order valence-corrected chi connectivity index (χ0v) is 35.4. The Morgan fingerprint density at radius 2 is 1.24 bits per heavy atom. The molecule has 1 fully saturated rings. The van der Waals surface area contributed by atoms with E-state index in [1.807, 2.05) is 0 Å². The summed E-state index contributed by atoms with van der Waals surface area (Å²) >= 11 is 0. The molecule has 62 heavy (non-hydrogen) atoms. The molecule has 6 heteroatoms. The van der Waals surface area contributed by atoms with Gasteiger partial charge < -0.3 is 19.4 Å². The van der Waals surface area contributed by atoms with Gasteiger partial charge in [0, 0.05) is 47.8 Å². The van der Waals surface area contributed by atoms with Crippen LogP contribution in [0.4, 0.5) is 4.39 Å². The second-order valence-corrected chi connectivity index (χ2v) is 14.6. The number of hydrogen-bond donors (Lipinski definition) is 0. The van der Waals surface area contributed by atoms with Crippen molar-refractivity contribution < 1.29 is 49.5 Å². The van der Waals surface area contributed by atoms with Gasteiger partial charge in [-0.1, -0.05) is 72.3 Å². The smallest absolute Gasteiger partial charge is 0.500 e. The van der Waals surface area contributed by atoms with E-state index in [4.69, 9.17) is 7.16 Å². The standard InChI is InChI=1S/C56H45FN3O.Ir/c57-47-26-27-48-49-16-9-17-50(56(49)61-55(48)33-47)53-29-24-39(36-59-53)19-21-41-30-40(20-18-38-23-28-52(58-35-38)44-12-3-1-4-13-44)31-42(32-41)22-25-46-37-60-54(45-14-5-2-6-15-45)34-51(46)43-10-7-8-11-43;/h1-6,9,12,14,16,23-24,26-37,43H,7-8,10-11,18-22,25H2;/q-3;+3/i18D2,19D2,20D2,21D2,22D2,25D2,26D,33D,43D;. The van der Waals surface area contributed by atoms with Gasteiger partial charge in [0.25, 0.3) is 0 Å². The third-order valence-corrected chi connectivity index (χ3v) is 10.5. The van der Waals surface area contributed by atoms with Crippen molar-refractivity contribution in [2.75, 3.05) is 0 Å². The van der Waals surface area contributed by atoms with E-state index in [0.29, 0.717) is 59.0 Å². The molecule has 306 valence electrons. The first-order chi connectivity index (χ1) is 35.8. The van der Waals surface area contributed by atoms with Crippen LogP contribution in [0.25, 0.3) is 55.7 Å². The third-order valence-electron chi connectivity index (χ3n) is 10.5. The topological polar surface area (TPSA) is 51.8 Å². The number of halogens is 1. The fraction of sp³-hybridized carbons (Fsp3) is 0.196. The van der Waals surface area contributed by atoms with Gasteiger partial charge in [0.2, 0.25) is 0 Å². The second kappa shape index (κ2) is 18.9. The Morgan fingerprint density at radius 3 is 1.87 bits per heavy atom. The number of furan rings is 1. The summed E-state index contributed by atoms with van der Waals surface area (Å²) in [7, 11) is 0. The van der Waals surface area contributed by atoms with Gasteiger partial charge >= 0.3 is 20.1 Å². The average molecular weight is 1000 g/mol. The Hall–Kier alpha value is -6.07. The third kappa shape index (κ3) is 9.23. The maximum Gasteiger partial charge on any atom is 3.00 e. The minimum atomic E-state index is -3.23. The van der Waals surface area contributed by atoms with E-state index in [1.54, 1.807) is 60.7 Å². The Labute approximate surface area is 397 Å². The van der Waals surface area contributed by atoms with Crippen LogP contribution in [0.3, 0.4) is 0 Å². The molecule has 4 aromatic heterocycles. The fourth-order valence-electron chi connectivity index (χ4n) is 7.47. The van der Waals surface area contributed by atoms with Gasteiger partial charge in [-0.05, 0) is 125 Å². The van der Waals surface area contributed by atoms with Crippen LogP contribution in [-0.2, 0) is 58.3 Å². The first-order valence-electron chi connectivity index (χ1n) is 27.4. The number of benzene rings is 5. The molecule has 4 heterocycles. The molecular formula is C56H45FIrN3O. The molecule has 0 radical (unpaired) electrons. The predicted octanol–water partition coefficient (Wildman–Crippen LogP) is 13.3. The summed E-state index contributed by atoms with van der Waals surface area (Å²) in [5, 5.41) is 0.737. The van der Waals surface area contributed by atoms with Crippen LogP contribution in [0.5, 0.6) is 0 Å². The molecule has 0 spiro atoms. The van der Waals surface area contributed by atoms with Gasteiger partial charge in [-0.25, -0.2) is 4.39 Å². The van der Waals surface area contributed by atoms with Crippen LogP contribution in [0.1, 0.15) is 91.1 Å². The molecule has 0 bridgehead atoms. The molecular weight excluding hydrogens is 942 g/mol. The first kappa shape index (κ1) is 27.1. The average Bonchev–Trinajstić information content (AvgIpc) is 4.10. The normalized spacial score (nSPS) is 18.3. The Bertz CT molecular complexity index is 3670. The van der Waals surface area contributed by atoms with Crippen molar-refractivity contribution in [3.8, 4) is 33.8 Å². The number of rotatable bonds is 13. The molecule has 1 aliphatic carbocycles. The summed E-state index contributed by atoms with van der Waals surface area (Å²) in [6, 6.07) is 36.2. The quantitative estimate of drug-likeness (QED) is 0.108. The molecule has 1 saturated carbocycles. The van der Waals surface area contributed by atoms with Crippen molar-refractivity contribution in [2.45, 2.75) is 69.8 Å². The molecule has 0 aliphatic heterocycles. The maximum absolute atomic E-state index is 14.6. The Kier molecular flexibility index (Phi) is 8.26. The summed E-state index contributed by atoms with van der Waals surface area (Å²) < 4.78 is 161. The minimum Gasteiger partial charge on any atom is -0.500 e. The van der Waals surface area contributed by atoms with Crippen molar-refractivity contribution in [1.82, 2.24) is 15.0 Å². The van der Waals surface area contributed by atoms with Gasteiger partial charge in [-0.15, -0.1) is 90.0 Å². The van der Waals surface area contributed by atoms with Crippen molar-refractivity contribution in [1.29, 1.82) is 0 Å². The van der Waals surface area contributed by atoms with Crippen molar-refractivity contribution >= 4 is 21.9 Å². The Balaban J connectivity index is 0.00000722. The molecule has 5 aromatic carbocycles. The van der Waals surface area contributed by atoms with E-state index >= 15 is 0 Å². The molecule has 0 atom stereocenters. The van der Waals surface area contributed by atoms with E-state index in [2.05, 4.69) is 33.2 Å². The molecule has 0 saturated heterocycles. The zero-order valence-electron chi connectivity index (χ0n) is 48.0. The summed E-state index contributed by atoms with van der Waals surface area (Å²) in [5.41, 5.74) is -0.201. The van der Waals surface area contributed by atoms with E-state index in [1.165, 1.54) is 42.6 Å². The summed E-state index contributed by atoms with van der Waals surface area (Å²) in [6.07, 6.45) is -13.3. The SMILES string of the molecule is [2H]c1cc2c(oc3c(-c4ccc(C([2H])([2H])C([2H])([2H])c5cc(C([2H])([2H])C([2H])([2H])c6ccc(-c7[c-]cccc7)nc6)cc(C([2H])([2H])C([2H])([2H])c6cnc(-c7[c-]cccc7)cc6C6([2H])CCCC6)c5)cn4)[c-]ccc32)c([2H])c1F.[Ir+3]. The van der Waals surface area contributed by atoms with Crippen molar-refractivity contribution in [2.24, 2.45) is 0 Å². The largest absolute Gasteiger partial charge is 3.00 e. The van der Waals surface area contributed by atoms with E-state index in [0.717, 1.165) is 30.6 Å². The first-order valence-corrected chi connectivity index (χ1v) is 19.9.